The molecule has 12 nitrogen and oxygen atoms in total. The standard InChI is InChI=1S/C34H40N6O6S2/c35-33(36)27-7-5-9-31(21-27)47(41,42)39-23-25-11-15-29(16-12-25)45-19-3-1-2-4-20-46-30-17-13-26(14-18-30)24-40-48(43,44)32-10-6-8-28(22-32)34(37)38/h5-18,21-22,39-40H,1-4,19-20,23-24H2,(H3,35,36)(H3,37,38). The van der Waals surface area contributed by atoms with Gasteiger partial charge in [-0.3, -0.25) is 10.8 Å². The fourth-order valence-electron chi connectivity index (χ4n) is 4.53. The van der Waals surface area contributed by atoms with Gasteiger partial charge in [0.25, 0.3) is 0 Å². The van der Waals surface area contributed by atoms with Crippen molar-refractivity contribution in [3.63, 3.8) is 0 Å². The van der Waals surface area contributed by atoms with Crippen LogP contribution < -0.4 is 30.4 Å². The van der Waals surface area contributed by atoms with Gasteiger partial charge in [0.05, 0.1) is 23.0 Å². The maximum atomic E-state index is 12.6. The number of sulfonamides is 2. The van der Waals surface area contributed by atoms with Gasteiger partial charge in [-0.05, 0) is 85.3 Å². The van der Waals surface area contributed by atoms with Gasteiger partial charge < -0.3 is 20.9 Å². The highest BCUT2D eigenvalue weighted by atomic mass is 32.2. The zero-order valence-corrected chi connectivity index (χ0v) is 27.9. The van der Waals surface area contributed by atoms with Crippen LogP contribution in [0.4, 0.5) is 0 Å². The van der Waals surface area contributed by atoms with Gasteiger partial charge in [0.1, 0.15) is 23.2 Å². The van der Waals surface area contributed by atoms with Crippen LogP contribution >= 0.6 is 0 Å². The molecule has 14 heteroatoms. The molecule has 0 fully saturated rings. The van der Waals surface area contributed by atoms with Crippen molar-refractivity contribution in [2.24, 2.45) is 11.5 Å². The number of hydrogen-bond donors (Lipinski definition) is 6. The van der Waals surface area contributed by atoms with E-state index in [0.717, 1.165) is 36.8 Å². The molecule has 0 radical (unpaired) electrons. The molecule has 4 aromatic carbocycles. The van der Waals surface area contributed by atoms with Crippen LogP contribution in [-0.4, -0.2) is 41.7 Å². The summed E-state index contributed by atoms with van der Waals surface area (Å²) in [4.78, 5) is 0.0977. The molecule has 0 unspecified atom stereocenters. The summed E-state index contributed by atoms with van der Waals surface area (Å²) in [6.45, 7) is 1.35. The molecule has 0 amide bonds. The number of nitrogen functional groups attached to an aromatic ring is 2. The lowest BCUT2D eigenvalue weighted by Gasteiger charge is -2.10. The van der Waals surface area contributed by atoms with E-state index in [1.165, 1.54) is 24.3 Å². The van der Waals surface area contributed by atoms with E-state index in [-0.39, 0.29) is 34.6 Å². The maximum Gasteiger partial charge on any atom is 0.240 e. The summed E-state index contributed by atoms with van der Waals surface area (Å²) in [5.74, 6) is 1.02. The van der Waals surface area contributed by atoms with Gasteiger partial charge in [-0.15, -0.1) is 0 Å². The molecule has 0 saturated heterocycles. The summed E-state index contributed by atoms with van der Waals surface area (Å²) in [6.07, 6.45) is 3.71. The SMILES string of the molecule is N=C(N)c1cccc(S(=O)(=O)NCc2ccc(OCCCCCCOc3ccc(CNS(=O)(=O)c4cccc(C(=N)N)c4)cc3)cc2)c1. The molecule has 4 aromatic rings. The zero-order chi connectivity index (χ0) is 34.6. The predicted octanol–water partition coefficient (Wildman–Crippen LogP) is 4.23. The Bertz CT molecular complexity index is 1780. The largest absolute Gasteiger partial charge is 0.494 e. The molecule has 254 valence electrons. The van der Waals surface area contributed by atoms with E-state index in [1.54, 1.807) is 24.3 Å². The lowest BCUT2D eigenvalue weighted by atomic mass is 10.2. The molecule has 0 aliphatic carbocycles. The van der Waals surface area contributed by atoms with Gasteiger partial charge in [0.15, 0.2) is 0 Å². The average Bonchev–Trinajstić information content (AvgIpc) is 3.08. The molecule has 8 N–H and O–H groups in total. The Labute approximate surface area is 281 Å². The summed E-state index contributed by atoms with van der Waals surface area (Å²) in [5, 5.41) is 15.0. The van der Waals surface area contributed by atoms with Crippen molar-refractivity contribution >= 4 is 31.7 Å². The first-order valence-corrected chi connectivity index (χ1v) is 18.2. The Morgan fingerprint density at radius 2 is 0.938 bits per heavy atom. The molecule has 0 spiro atoms. The third kappa shape index (κ3) is 10.9. The monoisotopic (exact) mass is 692 g/mol. The van der Waals surface area contributed by atoms with Gasteiger partial charge in [0.2, 0.25) is 20.0 Å². The van der Waals surface area contributed by atoms with Crippen molar-refractivity contribution in [1.82, 2.24) is 9.44 Å². The molecule has 0 saturated carbocycles. The van der Waals surface area contributed by atoms with Crippen molar-refractivity contribution in [3.8, 4) is 11.5 Å². The number of hydrogen-bond acceptors (Lipinski definition) is 8. The van der Waals surface area contributed by atoms with Crippen LogP contribution in [0.15, 0.2) is 107 Å². The molecule has 48 heavy (non-hydrogen) atoms. The van der Waals surface area contributed by atoms with Crippen molar-refractivity contribution in [2.45, 2.75) is 48.6 Å². The molecule has 0 aromatic heterocycles. The van der Waals surface area contributed by atoms with Crippen LogP contribution in [0.25, 0.3) is 0 Å². The van der Waals surface area contributed by atoms with Gasteiger partial charge in [-0.25, -0.2) is 26.3 Å². The van der Waals surface area contributed by atoms with Crippen LogP contribution in [0.1, 0.15) is 47.9 Å². The van der Waals surface area contributed by atoms with E-state index in [4.69, 9.17) is 31.8 Å². The summed E-state index contributed by atoms with van der Waals surface area (Å²) >= 11 is 0. The van der Waals surface area contributed by atoms with E-state index in [1.807, 2.05) is 48.5 Å². The topological polar surface area (TPSA) is 211 Å². The Morgan fingerprint density at radius 3 is 1.29 bits per heavy atom. The first-order chi connectivity index (χ1) is 22.9. The molecular formula is C34H40N6O6S2. The highest BCUT2D eigenvalue weighted by Crippen LogP contribution is 2.17. The minimum atomic E-state index is -3.76. The smallest absolute Gasteiger partial charge is 0.240 e. The number of benzene rings is 4. The number of rotatable bonds is 19. The second-order valence-electron chi connectivity index (χ2n) is 10.9. The number of ether oxygens (including phenoxy) is 2. The maximum absolute atomic E-state index is 12.6. The fraction of sp³-hybridized carbons (Fsp3) is 0.235. The lowest BCUT2D eigenvalue weighted by Crippen LogP contribution is -2.23. The molecule has 0 atom stereocenters. The highest BCUT2D eigenvalue weighted by Gasteiger charge is 2.16. The minimum absolute atomic E-state index is 0.0489. The van der Waals surface area contributed by atoms with Gasteiger partial charge >= 0.3 is 0 Å². The van der Waals surface area contributed by atoms with Gasteiger partial charge in [-0.1, -0.05) is 48.5 Å². The van der Waals surface area contributed by atoms with Crippen molar-refractivity contribution in [2.75, 3.05) is 13.2 Å². The van der Waals surface area contributed by atoms with Crippen LogP contribution in [0.3, 0.4) is 0 Å². The molecular weight excluding hydrogens is 653 g/mol. The second kappa shape index (κ2) is 16.9. The number of nitrogens with one attached hydrogen (secondary N) is 4. The third-order valence-corrected chi connectivity index (χ3v) is 10.1. The van der Waals surface area contributed by atoms with Gasteiger partial charge in [-0.2, -0.15) is 0 Å². The van der Waals surface area contributed by atoms with Crippen molar-refractivity contribution in [1.29, 1.82) is 10.8 Å². The third-order valence-electron chi connectivity index (χ3n) is 7.27. The number of nitrogens with two attached hydrogens (primary N) is 2. The van der Waals surface area contributed by atoms with Crippen LogP contribution in [-0.2, 0) is 33.1 Å². The van der Waals surface area contributed by atoms with Crippen LogP contribution in [0.2, 0.25) is 0 Å². The van der Waals surface area contributed by atoms with E-state index in [9.17, 15) is 16.8 Å². The summed E-state index contributed by atoms with van der Waals surface area (Å²) in [7, 11) is -7.52. The number of amidine groups is 2. The molecule has 0 heterocycles. The zero-order valence-electron chi connectivity index (χ0n) is 26.3. The minimum Gasteiger partial charge on any atom is -0.494 e. The average molecular weight is 693 g/mol. The Kier molecular flexibility index (Phi) is 12.7. The summed E-state index contributed by atoms with van der Waals surface area (Å²) in [5.41, 5.74) is 13.2. The number of unbranched alkanes of at least 4 members (excludes halogenated alkanes) is 3. The fourth-order valence-corrected chi connectivity index (χ4v) is 6.66. The van der Waals surface area contributed by atoms with E-state index < -0.39 is 20.0 Å². The summed E-state index contributed by atoms with van der Waals surface area (Å²) in [6, 6.07) is 26.4. The van der Waals surface area contributed by atoms with E-state index >= 15 is 0 Å². The quantitative estimate of drug-likeness (QED) is 0.0475. The Balaban J connectivity index is 1.08. The van der Waals surface area contributed by atoms with Gasteiger partial charge in [0, 0.05) is 24.2 Å². The Morgan fingerprint density at radius 1 is 0.562 bits per heavy atom. The van der Waals surface area contributed by atoms with Crippen LogP contribution in [0, 0.1) is 10.8 Å². The first-order valence-electron chi connectivity index (χ1n) is 15.2. The molecule has 0 bridgehead atoms. The van der Waals surface area contributed by atoms with E-state index in [0.29, 0.717) is 35.8 Å². The highest BCUT2D eigenvalue weighted by molar-refractivity contribution is 7.89. The normalized spacial score (nSPS) is 11.6. The van der Waals surface area contributed by atoms with Crippen LogP contribution in [0.5, 0.6) is 11.5 Å². The molecule has 4 rings (SSSR count). The van der Waals surface area contributed by atoms with Crippen molar-refractivity contribution in [3.05, 3.63) is 119 Å². The first kappa shape index (κ1) is 36.1. The molecule has 0 aliphatic heterocycles. The predicted molar refractivity (Wildman–Crippen MR) is 185 cm³/mol. The molecule has 0 aliphatic rings. The summed E-state index contributed by atoms with van der Waals surface area (Å²) < 4.78 is 67.3. The second-order valence-corrected chi connectivity index (χ2v) is 14.5. The van der Waals surface area contributed by atoms with E-state index in [2.05, 4.69) is 9.44 Å². The Hall–Kier alpha value is -4.76. The van der Waals surface area contributed by atoms with Crippen molar-refractivity contribution < 1.29 is 26.3 Å². The lowest BCUT2D eigenvalue weighted by molar-refractivity contribution is 0.287.